The maximum Gasteiger partial charge on any atom is 0.243 e. The van der Waals surface area contributed by atoms with E-state index in [1.54, 1.807) is 0 Å². The molecule has 86 valence electrons. The standard InChI is InChI=1S/C10H18N2O2S/c1-7(13)11-9(6-15)10(14)12-8-4-2-3-5-8/h8-9,15H,2-6H2,1H3,(H,11,13)(H,12,14). The van der Waals surface area contributed by atoms with Crippen LogP contribution in [0.3, 0.4) is 0 Å². The third kappa shape index (κ3) is 4.11. The fraction of sp³-hybridized carbons (Fsp3) is 0.800. The number of nitrogens with one attached hydrogen (secondary N) is 2. The average Bonchev–Trinajstić information content (AvgIpc) is 2.66. The van der Waals surface area contributed by atoms with Gasteiger partial charge in [-0.25, -0.2) is 0 Å². The summed E-state index contributed by atoms with van der Waals surface area (Å²) in [6.07, 6.45) is 4.45. The Balaban J connectivity index is 2.38. The molecule has 0 aromatic heterocycles. The summed E-state index contributed by atoms with van der Waals surface area (Å²) in [4.78, 5) is 22.5. The van der Waals surface area contributed by atoms with Gasteiger partial charge in [0.15, 0.2) is 0 Å². The fourth-order valence-electron chi connectivity index (χ4n) is 1.81. The van der Waals surface area contributed by atoms with Crippen molar-refractivity contribution < 1.29 is 9.59 Å². The molecule has 0 heterocycles. The van der Waals surface area contributed by atoms with Gasteiger partial charge in [0.2, 0.25) is 11.8 Å². The second-order valence-corrected chi connectivity index (χ2v) is 4.29. The second-order valence-electron chi connectivity index (χ2n) is 3.93. The van der Waals surface area contributed by atoms with Crippen LogP contribution in [-0.2, 0) is 9.59 Å². The lowest BCUT2D eigenvalue weighted by molar-refractivity contribution is -0.127. The minimum absolute atomic E-state index is 0.118. The van der Waals surface area contributed by atoms with Crippen molar-refractivity contribution in [3.8, 4) is 0 Å². The predicted molar refractivity (Wildman–Crippen MR) is 61.9 cm³/mol. The van der Waals surface area contributed by atoms with E-state index in [4.69, 9.17) is 0 Å². The first kappa shape index (κ1) is 12.4. The zero-order chi connectivity index (χ0) is 11.3. The molecule has 1 unspecified atom stereocenters. The molecule has 15 heavy (non-hydrogen) atoms. The zero-order valence-corrected chi connectivity index (χ0v) is 9.85. The molecule has 0 spiro atoms. The molecular weight excluding hydrogens is 212 g/mol. The van der Waals surface area contributed by atoms with Crippen molar-refractivity contribution in [2.45, 2.75) is 44.7 Å². The van der Waals surface area contributed by atoms with Gasteiger partial charge < -0.3 is 10.6 Å². The predicted octanol–water partition coefficient (Wildman–Crippen LogP) is 0.480. The van der Waals surface area contributed by atoms with Crippen LogP contribution < -0.4 is 10.6 Å². The summed E-state index contributed by atoms with van der Waals surface area (Å²) in [5.41, 5.74) is 0. The largest absolute Gasteiger partial charge is 0.352 e. The van der Waals surface area contributed by atoms with Gasteiger partial charge in [-0.2, -0.15) is 12.6 Å². The molecular formula is C10H18N2O2S. The van der Waals surface area contributed by atoms with Gasteiger partial charge >= 0.3 is 0 Å². The lowest BCUT2D eigenvalue weighted by Gasteiger charge is -2.18. The highest BCUT2D eigenvalue weighted by Crippen LogP contribution is 2.17. The third-order valence-electron chi connectivity index (χ3n) is 2.58. The Morgan fingerprint density at radius 1 is 1.40 bits per heavy atom. The zero-order valence-electron chi connectivity index (χ0n) is 8.95. The summed E-state index contributed by atoms with van der Waals surface area (Å²) in [6, 6.07) is -0.222. The van der Waals surface area contributed by atoms with E-state index in [0.29, 0.717) is 5.75 Å². The summed E-state index contributed by atoms with van der Waals surface area (Å²) < 4.78 is 0. The first-order valence-corrected chi connectivity index (χ1v) is 5.95. The van der Waals surface area contributed by atoms with Crippen molar-refractivity contribution in [2.24, 2.45) is 0 Å². The Morgan fingerprint density at radius 2 is 2.00 bits per heavy atom. The van der Waals surface area contributed by atoms with Gasteiger partial charge in [-0.3, -0.25) is 9.59 Å². The van der Waals surface area contributed by atoms with Crippen molar-refractivity contribution in [3.63, 3.8) is 0 Å². The van der Waals surface area contributed by atoms with E-state index in [1.807, 2.05) is 0 Å². The van der Waals surface area contributed by atoms with Crippen molar-refractivity contribution in [1.82, 2.24) is 10.6 Å². The van der Waals surface area contributed by atoms with E-state index in [9.17, 15) is 9.59 Å². The van der Waals surface area contributed by atoms with Gasteiger partial charge in [-0.15, -0.1) is 0 Å². The van der Waals surface area contributed by atoms with Gasteiger partial charge in [-0.1, -0.05) is 12.8 Å². The van der Waals surface area contributed by atoms with E-state index in [1.165, 1.54) is 19.8 Å². The summed E-state index contributed by atoms with van der Waals surface area (Å²) in [5, 5.41) is 5.51. The maximum absolute atomic E-state index is 11.7. The Labute approximate surface area is 95.6 Å². The molecule has 0 aromatic rings. The molecule has 1 aliphatic carbocycles. The number of hydrogen-bond donors (Lipinski definition) is 3. The number of carbonyl (C=O) groups is 2. The molecule has 0 bridgehead atoms. The molecule has 1 saturated carbocycles. The Hall–Kier alpha value is -0.710. The highest BCUT2D eigenvalue weighted by atomic mass is 32.1. The third-order valence-corrected chi connectivity index (χ3v) is 2.94. The van der Waals surface area contributed by atoms with E-state index >= 15 is 0 Å². The molecule has 5 heteroatoms. The molecule has 1 aliphatic rings. The lowest BCUT2D eigenvalue weighted by Crippen LogP contribution is -2.49. The quantitative estimate of drug-likeness (QED) is 0.615. The van der Waals surface area contributed by atoms with Gasteiger partial charge in [0, 0.05) is 18.7 Å². The van der Waals surface area contributed by atoms with Crippen LogP contribution >= 0.6 is 12.6 Å². The summed E-state index contributed by atoms with van der Waals surface area (Å²) in [6.45, 7) is 1.40. The first-order chi connectivity index (χ1) is 7.13. The van der Waals surface area contributed by atoms with Crippen molar-refractivity contribution in [1.29, 1.82) is 0 Å². The minimum atomic E-state index is -0.508. The molecule has 2 N–H and O–H groups in total. The number of amides is 2. The highest BCUT2D eigenvalue weighted by molar-refractivity contribution is 7.80. The van der Waals surface area contributed by atoms with Crippen LogP contribution in [0.25, 0.3) is 0 Å². The van der Waals surface area contributed by atoms with Gasteiger partial charge in [0.1, 0.15) is 6.04 Å². The number of hydrogen-bond acceptors (Lipinski definition) is 3. The minimum Gasteiger partial charge on any atom is -0.352 e. The second kappa shape index (κ2) is 6.00. The Morgan fingerprint density at radius 3 is 2.47 bits per heavy atom. The van der Waals surface area contributed by atoms with Crippen LogP contribution in [0, 0.1) is 0 Å². The van der Waals surface area contributed by atoms with Crippen LogP contribution in [0.2, 0.25) is 0 Å². The lowest BCUT2D eigenvalue weighted by atomic mass is 10.2. The van der Waals surface area contributed by atoms with E-state index in [2.05, 4.69) is 23.3 Å². The van der Waals surface area contributed by atoms with Crippen LogP contribution in [-0.4, -0.2) is 29.7 Å². The number of carbonyl (C=O) groups excluding carboxylic acids is 2. The molecule has 2 amide bonds. The molecule has 1 fully saturated rings. The van der Waals surface area contributed by atoms with Crippen LogP contribution in [0.5, 0.6) is 0 Å². The monoisotopic (exact) mass is 230 g/mol. The normalized spacial score (nSPS) is 18.5. The molecule has 1 rings (SSSR count). The smallest absolute Gasteiger partial charge is 0.243 e. The summed E-state index contributed by atoms with van der Waals surface area (Å²) in [5.74, 6) is 0.0146. The van der Waals surface area contributed by atoms with E-state index in [0.717, 1.165) is 12.8 Å². The first-order valence-electron chi connectivity index (χ1n) is 5.32. The maximum atomic E-state index is 11.7. The van der Waals surface area contributed by atoms with Crippen molar-refractivity contribution in [3.05, 3.63) is 0 Å². The summed E-state index contributed by atoms with van der Waals surface area (Å²) >= 11 is 4.05. The van der Waals surface area contributed by atoms with Gasteiger partial charge in [0.05, 0.1) is 0 Å². The SMILES string of the molecule is CC(=O)NC(CS)C(=O)NC1CCCC1. The van der Waals surface area contributed by atoms with Crippen LogP contribution in [0.15, 0.2) is 0 Å². The van der Waals surface area contributed by atoms with Crippen molar-refractivity contribution in [2.75, 3.05) is 5.75 Å². The molecule has 0 aromatic carbocycles. The van der Waals surface area contributed by atoms with Gasteiger partial charge in [0.25, 0.3) is 0 Å². The van der Waals surface area contributed by atoms with Crippen LogP contribution in [0.1, 0.15) is 32.6 Å². The van der Waals surface area contributed by atoms with Crippen LogP contribution in [0.4, 0.5) is 0 Å². The Bertz CT molecular complexity index is 240. The average molecular weight is 230 g/mol. The fourth-order valence-corrected chi connectivity index (χ4v) is 2.07. The molecule has 4 nitrogen and oxygen atoms in total. The van der Waals surface area contributed by atoms with Crippen molar-refractivity contribution >= 4 is 24.4 Å². The Kier molecular flexibility index (Phi) is 4.94. The number of rotatable bonds is 4. The molecule has 0 saturated heterocycles. The molecule has 1 atom stereocenters. The summed E-state index contributed by atoms with van der Waals surface area (Å²) in [7, 11) is 0. The van der Waals surface area contributed by atoms with E-state index in [-0.39, 0.29) is 17.9 Å². The highest BCUT2D eigenvalue weighted by Gasteiger charge is 2.22. The molecule has 0 radical (unpaired) electrons. The topological polar surface area (TPSA) is 58.2 Å². The molecule has 0 aliphatic heterocycles. The van der Waals surface area contributed by atoms with Gasteiger partial charge in [-0.05, 0) is 12.8 Å². The van der Waals surface area contributed by atoms with E-state index < -0.39 is 6.04 Å². The number of thiol groups is 1.